The number of benzene rings is 4. The number of likely N-dealkylation sites (tertiary alicyclic amines) is 2. The second-order valence-electron chi connectivity index (χ2n) is 18.7. The molecule has 1 aromatic heterocycles. The van der Waals surface area contributed by atoms with Crippen LogP contribution in [0.1, 0.15) is 91.1 Å². The number of carbonyl (C=O) groups excluding carboxylic acids is 4. The summed E-state index contributed by atoms with van der Waals surface area (Å²) in [7, 11) is 2.62. The predicted octanol–water partition coefficient (Wildman–Crippen LogP) is 9.19. The maximum absolute atomic E-state index is 14.0. The Labute approximate surface area is 381 Å². The second kappa shape index (κ2) is 19.0. The van der Waals surface area contributed by atoms with Crippen LogP contribution < -0.4 is 16.0 Å². The number of aromatic nitrogens is 2. The average Bonchev–Trinajstić information content (AvgIpc) is 4.15. The van der Waals surface area contributed by atoms with E-state index in [9.17, 15) is 19.2 Å². The van der Waals surface area contributed by atoms with E-state index in [0.717, 1.165) is 93.2 Å². The summed E-state index contributed by atoms with van der Waals surface area (Å²) >= 11 is 0. The van der Waals surface area contributed by atoms with Gasteiger partial charge in [0.25, 0.3) is 0 Å². The number of alkyl carbamates (subject to hydrolysis) is 2. The average molecular weight is 882 g/mol. The minimum atomic E-state index is -0.682. The first-order valence-corrected chi connectivity index (χ1v) is 23.2. The number of carbonyl (C=O) groups is 4. The Kier molecular flexibility index (Phi) is 13.2. The van der Waals surface area contributed by atoms with Gasteiger partial charge in [-0.3, -0.25) is 9.59 Å². The highest BCUT2D eigenvalue weighted by Crippen LogP contribution is 2.50. The van der Waals surface area contributed by atoms with Gasteiger partial charge in [0.15, 0.2) is 0 Å². The first-order valence-electron chi connectivity index (χ1n) is 23.2. The van der Waals surface area contributed by atoms with Crippen molar-refractivity contribution in [1.82, 2.24) is 35.7 Å². The standard InChI is InChI=1S/C52H63N7O6/c1-9-41(53-31(6)44-11-10-24-58(44)49(60)45(29(2)3)56-51(62)64-7)38-19-18-35-25-34(16-17-36(35)26-38)32-12-14-33(15-13-32)37-21-23-42-43(28-37)55-48(54-42)47-39-20-22-40(27-39)59(47)50(61)46(30(4)5)57-52(63)65-8/h9,12-19,21,23,25-26,28-31,39-40,44-47,53H,10-11,20,22,24,27H2,1-8H3,(H,54,55)(H,56,62)(H,57,63)/b41-9-/t31?,39-,40+,44-,45-,46-,47-/m0/s1. The van der Waals surface area contributed by atoms with Crippen LogP contribution in [0.3, 0.4) is 0 Å². The van der Waals surface area contributed by atoms with E-state index in [-0.39, 0.29) is 47.8 Å². The highest BCUT2D eigenvalue weighted by molar-refractivity contribution is 5.91. The SMILES string of the molecule is C/C=C(\NC(C)[C@@H]1CCCN1C(=O)[C@@H](NC(=O)OC)C(C)C)c1ccc2cc(-c3ccc(-c4ccc5nc([C@@H]6[C@H]7CC[C@H](C7)N6C(=O)[C@@H](NC(=O)OC)C(C)C)[nH]c5c4)cc3)ccc2c1. The third kappa shape index (κ3) is 9.15. The van der Waals surface area contributed by atoms with E-state index in [1.807, 2.05) is 50.5 Å². The van der Waals surface area contributed by atoms with Gasteiger partial charge in [-0.1, -0.05) is 88.4 Å². The van der Waals surface area contributed by atoms with Crippen LogP contribution in [-0.4, -0.2) is 94.7 Å². The molecule has 0 radical (unpaired) electrons. The van der Waals surface area contributed by atoms with Gasteiger partial charge in [-0.25, -0.2) is 14.6 Å². The molecule has 2 saturated heterocycles. The lowest BCUT2D eigenvalue weighted by Crippen LogP contribution is -2.55. The number of H-pyrrole nitrogens is 1. The zero-order valence-corrected chi connectivity index (χ0v) is 38.8. The Morgan fingerprint density at radius 2 is 1.32 bits per heavy atom. The number of fused-ring (bicyclic) bond motifs is 4. The number of nitrogens with one attached hydrogen (secondary N) is 4. The first kappa shape index (κ1) is 45.2. The van der Waals surface area contributed by atoms with Gasteiger partial charge in [0, 0.05) is 24.3 Å². The Balaban J connectivity index is 0.947. The normalized spacial score (nSPS) is 20.9. The van der Waals surface area contributed by atoms with E-state index in [1.54, 1.807) is 0 Å². The van der Waals surface area contributed by atoms with Crippen LogP contribution in [0.15, 0.2) is 84.9 Å². The number of aromatic amines is 1. The van der Waals surface area contributed by atoms with Crippen LogP contribution in [0.5, 0.6) is 0 Å². The first-order chi connectivity index (χ1) is 31.3. The fourth-order valence-corrected chi connectivity index (χ4v) is 10.5. The number of ether oxygens (including phenoxy) is 2. The summed E-state index contributed by atoms with van der Waals surface area (Å²) in [6.45, 7) is 12.5. The predicted molar refractivity (Wildman–Crippen MR) is 255 cm³/mol. The van der Waals surface area contributed by atoms with Crippen LogP contribution >= 0.6 is 0 Å². The molecule has 2 bridgehead atoms. The zero-order chi connectivity index (χ0) is 46.1. The van der Waals surface area contributed by atoms with Gasteiger partial charge in [0.2, 0.25) is 11.8 Å². The lowest BCUT2D eigenvalue weighted by atomic mass is 9.95. The van der Waals surface area contributed by atoms with Crippen molar-refractivity contribution in [3.05, 3.63) is 96.3 Å². The summed E-state index contributed by atoms with van der Waals surface area (Å²) in [6.07, 6.45) is 5.60. The van der Waals surface area contributed by atoms with Crippen LogP contribution in [0.2, 0.25) is 0 Å². The topological polar surface area (TPSA) is 158 Å². The molecule has 3 heterocycles. The van der Waals surface area contributed by atoms with Crippen molar-refractivity contribution in [2.75, 3.05) is 20.8 Å². The molecule has 13 nitrogen and oxygen atoms in total. The Hall–Kier alpha value is -6.37. The van der Waals surface area contributed by atoms with E-state index < -0.39 is 24.3 Å². The van der Waals surface area contributed by atoms with Crippen molar-refractivity contribution in [3.8, 4) is 22.3 Å². The number of nitrogens with zero attached hydrogens (tertiary/aromatic N) is 3. The van der Waals surface area contributed by atoms with Gasteiger partial charge >= 0.3 is 12.2 Å². The third-order valence-corrected chi connectivity index (χ3v) is 13.9. The number of allylic oxidation sites excluding steroid dienone is 1. The molecule has 1 aliphatic carbocycles. The lowest BCUT2D eigenvalue weighted by molar-refractivity contribution is -0.139. The molecule has 1 unspecified atom stereocenters. The molecule has 2 aliphatic heterocycles. The molecule has 3 fully saturated rings. The molecule has 342 valence electrons. The molecular formula is C52H63N7O6. The van der Waals surface area contributed by atoms with Crippen LogP contribution in [0, 0.1) is 17.8 Å². The number of rotatable bonds is 13. The summed E-state index contributed by atoms with van der Waals surface area (Å²) in [4.78, 5) is 64.5. The molecule has 7 atom stereocenters. The molecule has 4 amide bonds. The largest absolute Gasteiger partial charge is 0.453 e. The van der Waals surface area contributed by atoms with Crippen molar-refractivity contribution in [2.24, 2.45) is 17.8 Å². The quantitative estimate of drug-likeness (QED) is 0.0912. The highest BCUT2D eigenvalue weighted by Gasteiger charge is 2.51. The van der Waals surface area contributed by atoms with Gasteiger partial charge in [0.05, 0.1) is 37.3 Å². The number of amides is 4. The van der Waals surface area contributed by atoms with Gasteiger partial charge in [-0.05, 0) is 127 Å². The van der Waals surface area contributed by atoms with Gasteiger partial charge < -0.3 is 40.2 Å². The Morgan fingerprint density at radius 1 is 0.723 bits per heavy atom. The van der Waals surface area contributed by atoms with E-state index >= 15 is 0 Å². The number of piperidine rings is 1. The fourth-order valence-electron chi connectivity index (χ4n) is 10.5. The molecule has 3 aliphatic rings. The van der Waals surface area contributed by atoms with Gasteiger partial charge in [0.1, 0.15) is 17.9 Å². The van der Waals surface area contributed by atoms with E-state index in [4.69, 9.17) is 14.5 Å². The van der Waals surface area contributed by atoms with Gasteiger partial charge in [-0.15, -0.1) is 0 Å². The maximum atomic E-state index is 14.0. The molecule has 65 heavy (non-hydrogen) atoms. The van der Waals surface area contributed by atoms with Crippen molar-refractivity contribution in [2.45, 2.75) is 110 Å². The second-order valence-corrected chi connectivity index (χ2v) is 18.7. The molecule has 13 heteroatoms. The molecule has 1 saturated carbocycles. The number of hydrogen-bond donors (Lipinski definition) is 4. The van der Waals surface area contributed by atoms with E-state index in [0.29, 0.717) is 12.5 Å². The minimum absolute atomic E-state index is 0.0154. The zero-order valence-electron chi connectivity index (χ0n) is 38.8. The molecule has 8 rings (SSSR count). The van der Waals surface area contributed by atoms with E-state index in [2.05, 4.69) is 107 Å². The van der Waals surface area contributed by atoms with Crippen molar-refractivity contribution < 1.29 is 28.7 Å². The van der Waals surface area contributed by atoms with Crippen LogP contribution in [-0.2, 0) is 19.1 Å². The monoisotopic (exact) mass is 881 g/mol. The van der Waals surface area contributed by atoms with Gasteiger partial charge in [-0.2, -0.15) is 0 Å². The highest BCUT2D eigenvalue weighted by atomic mass is 16.5. The maximum Gasteiger partial charge on any atom is 0.407 e. The molecule has 4 aromatic carbocycles. The Bertz CT molecular complexity index is 2600. The van der Waals surface area contributed by atoms with Crippen molar-refractivity contribution in [3.63, 3.8) is 0 Å². The summed E-state index contributed by atoms with van der Waals surface area (Å²) < 4.78 is 9.65. The fraction of sp³-hybridized carbons (Fsp3) is 0.442. The van der Waals surface area contributed by atoms with Crippen molar-refractivity contribution in [1.29, 1.82) is 0 Å². The molecule has 4 N–H and O–H groups in total. The Morgan fingerprint density at radius 3 is 1.97 bits per heavy atom. The third-order valence-electron chi connectivity index (χ3n) is 13.9. The number of imidazole rings is 1. The van der Waals surface area contributed by atoms with Crippen LogP contribution in [0.25, 0.3) is 49.8 Å². The van der Waals surface area contributed by atoms with E-state index in [1.165, 1.54) is 14.2 Å². The number of methoxy groups -OCH3 is 2. The number of hydrogen-bond acceptors (Lipinski definition) is 8. The summed E-state index contributed by atoms with van der Waals surface area (Å²) in [5, 5.41) is 11.5. The van der Waals surface area contributed by atoms with Crippen LogP contribution in [0.4, 0.5) is 9.59 Å². The smallest absolute Gasteiger partial charge is 0.407 e. The molecular weight excluding hydrogens is 819 g/mol. The lowest BCUT2D eigenvalue weighted by Gasteiger charge is -2.37. The molecule has 5 aromatic rings. The minimum Gasteiger partial charge on any atom is -0.453 e. The summed E-state index contributed by atoms with van der Waals surface area (Å²) in [5.41, 5.74) is 8.25. The summed E-state index contributed by atoms with van der Waals surface area (Å²) in [5.74, 6) is 0.763. The molecule has 0 spiro atoms. The van der Waals surface area contributed by atoms with Crippen molar-refractivity contribution >= 4 is 51.5 Å². The summed E-state index contributed by atoms with van der Waals surface area (Å²) in [6, 6.07) is 26.6.